The van der Waals surface area contributed by atoms with E-state index in [0.717, 1.165) is 28.9 Å². The van der Waals surface area contributed by atoms with Crippen LogP contribution in [0, 0.1) is 0 Å². The van der Waals surface area contributed by atoms with E-state index in [4.69, 9.17) is 11.6 Å². The van der Waals surface area contributed by atoms with Gasteiger partial charge in [-0.1, -0.05) is 18.5 Å². The second-order valence-electron chi connectivity index (χ2n) is 4.82. The van der Waals surface area contributed by atoms with Crippen LogP contribution in [-0.4, -0.2) is 29.5 Å². The molecule has 0 saturated heterocycles. The summed E-state index contributed by atoms with van der Waals surface area (Å²) in [5, 5.41) is 8.99. The molecule has 21 heavy (non-hydrogen) atoms. The number of aryl methyl sites for hydroxylation is 3. The Morgan fingerprint density at radius 1 is 1.14 bits per heavy atom. The molecule has 0 aliphatic rings. The maximum Gasteiger partial charge on any atom is 0.164 e. The van der Waals surface area contributed by atoms with Crippen LogP contribution in [0.15, 0.2) is 24.7 Å². The first-order valence-electron chi connectivity index (χ1n) is 6.63. The molecule has 0 spiro atoms. The molecular weight excluding hydrogens is 288 g/mol. The highest BCUT2D eigenvalue weighted by Gasteiger charge is 2.14. The third kappa shape index (κ3) is 2.67. The molecule has 0 saturated carbocycles. The van der Waals surface area contributed by atoms with Gasteiger partial charge in [0.1, 0.15) is 5.15 Å². The summed E-state index contributed by atoms with van der Waals surface area (Å²) in [5.74, 6) is 0.589. The molecule has 0 unspecified atom stereocenters. The van der Waals surface area contributed by atoms with Gasteiger partial charge < -0.3 is 0 Å². The van der Waals surface area contributed by atoms with Crippen molar-refractivity contribution in [3.8, 4) is 22.6 Å². The van der Waals surface area contributed by atoms with Crippen molar-refractivity contribution in [2.45, 2.75) is 13.3 Å². The molecule has 3 rings (SSSR count). The number of hydrogen-bond acceptors (Lipinski definition) is 4. The SMILES string of the molecule is CCc1nn(C)cc1-c1nc(Cl)cc(-c2cnn(C)c2)n1. The van der Waals surface area contributed by atoms with Crippen molar-refractivity contribution < 1.29 is 0 Å². The summed E-state index contributed by atoms with van der Waals surface area (Å²) in [6.45, 7) is 2.05. The second kappa shape index (κ2) is 5.29. The number of aromatic nitrogens is 6. The van der Waals surface area contributed by atoms with Crippen LogP contribution in [-0.2, 0) is 20.5 Å². The zero-order chi connectivity index (χ0) is 15.0. The van der Waals surface area contributed by atoms with E-state index in [1.807, 2.05) is 26.5 Å². The van der Waals surface area contributed by atoms with Gasteiger partial charge in [-0.2, -0.15) is 10.2 Å². The maximum absolute atomic E-state index is 6.15. The number of halogens is 1. The first kappa shape index (κ1) is 13.8. The zero-order valence-electron chi connectivity index (χ0n) is 12.1. The van der Waals surface area contributed by atoms with Gasteiger partial charge in [0.05, 0.1) is 23.1 Å². The minimum absolute atomic E-state index is 0.407. The quantitative estimate of drug-likeness (QED) is 0.697. The molecular formula is C14H15ClN6. The molecule has 108 valence electrons. The molecule has 0 aliphatic carbocycles. The highest BCUT2D eigenvalue weighted by molar-refractivity contribution is 6.29. The summed E-state index contributed by atoms with van der Waals surface area (Å²) < 4.78 is 3.49. The van der Waals surface area contributed by atoms with Gasteiger partial charge in [-0.3, -0.25) is 9.36 Å². The average molecular weight is 303 g/mol. The van der Waals surface area contributed by atoms with Crippen molar-refractivity contribution in [3.63, 3.8) is 0 Å². The van der Waals surface area contributed by atoms with Gasteiger partial charge in [-0.15, -0.1) is 0 Å². The predicted molar refractivity (Wildman–Crippen MR) is 80.8 cm³/mol. The first-order valence-corrected chi connectivity index (χ1v) is 7.01. The van der Waals surface area contributed by atoms with Crippen LogP contribution in [0.1, 0.15) is 12.6 Å². The van der Waals surface area contributed by atoms with Crippen molar-refractivity contribution in [1.82, 2.24) is 29.5 Å². The summed E-state index contributed by atoms with van der Waals surface area (Å²) in [4.78, 5) is 8.94. The molecule has 0 radical (unpaired) electrons. The van der Waals surface area contributed by atoms with Gasteiger partial charge in [0.15, 0.2) is 5.82 Å². The Kier molecular flexibility index (Phi) is 3.47. The lowest BCUT2D eigenvalue weighted by Crippen LogP contribution is -1.94. The van der Waals surface area contributed by atoms with E-state index in [2.05, 4.69) is 27.1 Å². The maximum atomic E-state index is 6.15. The largest absolute Gasteiger partial charge is 0.275 e. The molecule has 0 N–H and O–H groups in total. The monoisotopic (exact) mass is 302 g/mol. The van der Waals surface area contributed by atoms with E-state index in [-0.39, 0.29) is 0 Å². The van der Waals surface area contributed by atoms with E-state index in [0.29, 0.717) is 11.0 Å². The average Bonchev–Trinajstić information content (AvgIpc) is 3.04. The van der Waals surface area contributed by atoms with E-state index in [1.54, 1.807) is 21.6 Å². The third-order valence-electron chi connectivity index (χ3n) is 3.18. The van der Waals surface area contributed by atoms with Gasteiger partial charge in [-0.25, -0.2) is 9.97 Å². The Labute approximate surface area is 127 Å². The minimum atomic E-state index is 0.407. The summed E-state index contributed by atoms with van der Waals surface area (Å²) in [7, 11) is 3.75. The van der Waals surface area contributed by atoms with E-state index < -0.39 is 0 Å². The second-order valence-corrected chi connectivity index (χ2v) is 5.21. The normalized spacial score (nSPS) is 11.0. The third-order valence-corrected chi connectivity index (χ3v) is 3.37. The summed E-state index contributed by atoms with van der Waals surface area (Å²) in [6, 6.07) is 1.74. The zero-order valence-corrected chi connectivity index (χ0v) is 12.8. The number of hydrogen-bond donors (Lipinski definition) is 0. The Balaban J connectivity index is 2.13. The fourth-order valence-corrected chi connectivity index (χ4v) is 2.41. The summed E-state index contributed by atoms with van der Waals surface area (Å²) in [6.07, 6.45) is 6.38. The van der Waals surface area contributed by atoms with Crippen LogP contribution in [0.5, 0.6) is 0 Å². The molecule has 0 aromatic carbocycles. The minimum Gasteiger partial charge on any atom is -0.275 e. The lowest BCUT2D eigenvalue weighted by atomic mass is 10.2. The molecule has 0 amide bonds. The van der Waals surface area contributed by atoms with Crippen molar-refractivity contribution in [2.24, 2.45) is 14.1 Å². The van der Waals surface area contributed by atoms with Gasteiger partial charge in [0, 0.05) is 38.1 Å². The number of nitrogens with zero attached hydrogens (tertiary/aromatic N) is 6. The Bertz CT molecular complexity index is 789. The van der Waals surface area contributed by atoms with Crippen molar-refractivity contribution in [1.29, 1.82) is 0 Å². The van der Waals surface area contributed by atoms with Crippen LogP contribution in [0.25, 0.3) is 22.6 Å². The molecule has 0 bridgehead atoms. The first-order chi connectivity index (χ1) is 10.1. The smallest absolute Gasteiger partial charge is 0.164 e. The van der Waals surface area contributed by atoms with Gasteiger partial charge in [0.25, 0.3) is 0 Å². The summed E-state index contributed by atoms with van der Waals surface area (Å²) in [5.41, 5.74) is 3.53. The van der Waals surface area contributed by atoms with E-state index >= 15 is 0 Å². The van der Waals surface area contributed by atoms with Gasteiger partial charge in [-0.05, 0) is 6.42 Å². The van der Waals surface area contributed by atoms with Crippen molar-refractivity contribution >= 4 is 11.6 Å². The van der Waals surface area contributed by atoms with Crippen LogP contribution < -0.4 is 0 Å². The van der Waals surface area contributed by atoms with E-state index in [9.17, 15) is 0 Å². The summed E-state index contributed by atoms with van der Waals surface area (Å²) >= 11 is 6.15. The van der Waals surface area contributed by atoms with Crippen molar-refractivity contribution in [2.75, 3.05) is 0 Å². The lowest BCUT2D eigenvalue weighted by molar-refractivity contribution is 0.746. The topological polar surface area (TPSA) is 61.4 Å². The predicted octanol–water partition coefficient (Wildman–Crippen LogP) is 2.49. The van der Waals surface area contributed by atoms with Gasteiger partial charge in [0.2, 0.25) is 0 Å². The van der Waals surface area contributed by atoms with E-state index in [1.165, 1.54) is 0 Å². The molecule has 7 heteroatoms. The van der Waals surface area contributed by atoms with Crippen LogP contribution in [0.2, 0.25) is 5.15 Å². The molecule has 6 nitrogen and oxygen atoms in total. The molecule has 3 aromatic heterocycles. The molecule has 0 aliphatic heterocycles. The Hall–Kier alpha value is -2.21. The van der Waals surface area contributed by atoms with Gasteiger partial charge >= 0.3 is 0 Å². The van der Waals surface area contributed by atoms with Crippen LogP contribution in [0.3, 0.4) is 0 Å². The molecule has 3 aromatic rings. The highest BCUT2D eigenvalue weighted by Crippen LogP contribution is 2.25. The lowest BCUT2D eigenvalue weighted by Gasteiger charge is -2.03. The highest BCUT2D eigenvalue weighted by atomic mass is 35.5. The standard InChI is InChI=1S/C14H15ClN6/c1-4-11-10(8-21(3)19-11)14-17-12(5-13(15)18-14)9-6-16-20(2)7-9/h5-8H,4H2,1-3H3. The van der Waals surface area contributed by atoms with Crippen molar-refractivity contribution in [3.05, 3.63) is 35.5 Å². The molecule has 0 atom stereocenters. The number of rotatable bonds is 3. The van der Waals surface area contributed by atoms with Crippen LogP contribution >= 0.6 is 11.6 Å². The van der Waals surface area contributed by atoms with Crippen LogP contribution in [0.4, 0.5) is 0 Å². The molecule has 0 fully saturated rings. The molecule has 3 heterocycles. The fourth-order valence-electron chi connectivity index (χ4n) is 2.22. The Morgan fingerprint density at radius 2 is 1.95 bits per heavy atom. The Morgan fingerprint density at radius 3 is 2.62 bits per heavy atom. The fraction of sp³-hybridized carbons (Fsp3) is 0.286.